The lowest BCUT2D eigenvalue weighted by Crippen LogP contribution is -2.55. The third-order valence-electron chi connectivity index (χ3n) is 9.28. The zero-order chi connectivity index (χ0) is 28.3. The molecule has 216 valence electrons. The number of anilines is 2. The molecule has 10 nitrogen and oxygen atoms in total. The van der Waals surface area contributed by atoms with Crippen molar-refractivity contribution in [1.82, 2.24) is 24.8 Å². The Kier molecular flexibility index (Phi) is 8.06. The summed E-state index contributed by atoms with van der Waals surface area (Å²) in [5, 5.41) is 9.51. The van der Waals surface area contributed by atoms with Crippen LogP contribution in [-0.2, 0) is 24.1 Å². The number of fused-ring (bicyclic) bond motifs is 2. The SMILES string of the molecule is C=CC(=O)N1CCN(c2nc(OC[C@@H]3CCCN3C)nc3c2CCC(N2CCCc4cccnc42)C3)C[C@@H]1CC#N. The van der Waals surface area contributed by atoms with Gasteiger partial charge in [0, 0.05) is 56.4 Å². The molecule has 5 heterocycles. The predicted octanol–water partition coefficient (Wildman–Crippen LogP) is 2.77. The van der Waals surface area contributed by atoms with Crippen LogP contribution in [0.3, 0.4) is 0 Å². The van der Waals surface area contributed by atoms with Crippen molar-refractivity contribution in [3.8, 4) is 12.1 Å². The highest BCUT2D eigenvalue weighted by Crippen LogP contribution is 2.36. The third-order valence-corrected chi connectivity index (χ3v) is 9.28. The van der Waals surface area contributed by atoms with Gasteiger partial charge in [-0.25, -0.2) is 4.98 Å². The van der Waals surface area contributed by atoms with Crippen molar-refractivity contribution in [2.24, 2.45) is 0 Å². The normalized spacial score (nSPS) is 24.4. The van der Waals surface area contributed by atoms with Crippen molar-refractivity contribution in [1.29, 1.82) is 5.26 Å². The first-order valence-corrected chi connectivity index (χ1v) is 15.0. The average Bonchev–Trinajstić information content (AvgIpc) is 3.43. The first kappa shape index (κ1) is 27.5. The molecular formula is C31H40N8O2. The summed E-state index contributed by atoms with van der Waals surface area (Å²) in [7, 11) is 2.15. The first-order valence-electron chi connectivity index (χ1n) is 15.0. The van der Waals surface area contributed by atoms with Gasteiger partial charge in [0.2, 0.25) is 5.91 Å². The van der Waals surface area contributed by atoms with Crippen molar-refractivity contribution in [2.75, 3.05) is 56.2 Å². The molecule has 1 aliphatic carbocycles. The number of nitriles is 1. The van der Waals surface area contributed by atoms with E-state index in [2.05, 4.69) is 40.5 Å². The van der Waals surface area contributed by atoms with Crippen molar-refractivity contribution < 1.29 is 9.53 Å². The molecular weight excluding hydrogens is 516 g/mol. The molecule has 0 spiro atoms. The number of pyridine rings is 1. The summed E-state index contributed by atoms with van der Waals surface area (Å²) in [5.41, 5.74) is 3.54. The number of rotatable bonds is 7. The van der Waals surface area contributed by atoms with Crippen LogP contribution in [0.1, 0.15) is 48.9 Å². The molecule has 10 heteroatoms. The summed E-state index contributed by atoms with van der Waals surface area (Å²) in [4.78, 5) is 36.1. The highest BCUT2D eigenvalue weighted by atomic mass is 16.5. The van der Waals surface area contributed by atoms with Crippen LogP contribution in [0.25, 0.3) is 0 Å². The van der Waals surface area contributed by atoms with E-state index in [1.807, 2.05) is 12.3 Å². The Bertz CT molecular complexity index is 1330. The third kappa shape index (κ3) is 5.60. The van der Waals surface area contributed by atoms with Crippen molar-refractivity contribution in [2.45, 2.75) is 69.5 Å². The second-order valence-corrected chi connectivity index (χ2v) is 11.7. The van der Waals surface area contributed by atoms with Gasteiger partial charge in [-0.15, -0.1) is 0 Å². The van der Waals surface area contributed by atoms with Crippen LogP contribution in [0.4, 0.5) is 11.6 Å². The molecule has 3 atom stereocenters. The molecule has 41 heavy (non-hydrogen) atoms. The van der Waals surface area contributed by atoms with E-state index in [0.717, 1.165) is 68.9 Å². The lowest BCUT2D eigenvalue weighted by atomic mass is 9.89. The van der Waals surface area contributed by atoms with Crippen molar-refractivity contribution in [3.63, 3.8) is 0 Å². The largest absolute Gasteiger partial charge is 0.462 e. The zero-order valence-electron chi connectivity index (χ0n) is 24.0. The molecule has 4 aliphatic rings. The number of likely N-dealkylation sites (tertiary alicyclic amines) is 1. The molecule has 0 radical (unpaired) electrons. The highest BCUT2D eigenvalue weighted by Gasteiger charge is 2.35. The number of hydrogen-bond donors (Lipinski definition) is 0. The quantitative estimate of drug-likeness (QED) is 0.477. The maximum absolute atomic E-state index is 12.5. The number of nitrogens with zero attached hydrogens (tertiary/aromatic N) is 8. The predicted molar refractivity (Wildman–Crippen MR) is 157 cm³/mol. The van der Waals surface area contributed by atoms with Gasteiger partial charge < -0.3 is 24.3 Å². The molecule has 6 rings (SSSR count). The summed E-state index contributed by atoms with van der Waals surface area (Å²) in [6, 6.07) is 7.41. The molecule has 2 aromatic rings. The number of carbonyl (C=O) groups is 1. The summed E-state index contributed by atoms with van der Waals surface area (Å²) < 4.78 is 6.30. The molecule has 1 amide bonds. The van der Waals surface area contributed by atoms with Gasteiger partial charge in [-0.3, -0.25) is 4.79 Å². The monoisotopic (exact) mass is 556 g/mol. The fourth-order valence-electron chi connectivity index (χ4n) is 7.03. The van der Waals surface area contributed by atoms with Crippen molar-refractivity contribution in [3.05, 3.63) is 47.8 Å². The van der Waals surface area contributed by atoms with Crippen LogP contribution < -0.4 is 14.5 Å². The van der Waals surface area contributed by atoms with Gasteiger partial charge in [-0.1, -0.05) is 12.6 Å². The Morgan fingerprint density at radius 2 is 2.05 bits per heavy atom. The Labute approximate surface area is 242 Å². The fourth-order valence-corrected chi connectivity index (χ4v) is 7.03. The Hall–Kier alpha value is -3.71. The van der Waals surface area contributed by atoms with E-state index in [1.54, 1.807) is 4.90 Å². The topological polar surface area (TPSA) is 102 Å². The molecule has 0 N–H and O–H groups in total. The van der Waals surface area contributed by atoms with Crippen LogP contribution in [0.2, 0.25) is 0 Å². The molecule has 2 fully saturated rings. The highest BCUT2D eigenvalue weighted by molar-refractivity contribution is 5.87. The van der Waals surface area contributed by atoms with E-state index in [-0.39, 0.29) is 18.4 Å². The number of aromatic nitrogens is 3. The van der Waals surface area contributed by atoms with E-state index >= 15 is 0 Å². The van der Waals surface area contributed by atoms with Gasteiger partial charge in [-0.2, -0.15) is 15.2 Å². The molecule has 0 saturated carbocycles. The summed E-state index contributed by atoms with van der Waals surface area (Å²) >= 11 is 0. The lowest BCUT2D eigenvalue weighted by Gasteiger charge is -2.43. The van der Waals surface area contributed by atoms with E-state index < -0.39 is 0 Å². The van der Waals surface area contributed by atoms with Crippen LogP contribution in [0.5, 0.6) is 6.01 Å². The average molecular weight is 557 g/mol. The van der Waals surface area contributed by atoms with E-state index in [0.29, 0.717) is 44.3 Å². The minimum Gasteiger partial charge on any atom is -0.462 e. The second-order valence-electron chi connectivity index (χ2n) is 11.7. The number of piperazine rings is 1. The first-order chi connectivity index (χ1) is 20.1. The lowest BCUT2D eigenvalue weighted by molar-refractivity contribution is -0.128. The minimum absolute atomic E-state index is 0.127. The number of hydrogen-bond acceptors (Lipinski definition) is 9. The number of likely N-dealkylation sites (N-methyl/N-ethyl adjacent to an activating group) is 1. The molecule has 2 saturated heterocycles. The summed E-state index contributed by atoms with van der Waals surface area (Å²) in [6.45, 7) is 8.04. The second kappa shape index (κ2) is 12.0. The van der Waals surface area contributed by atoms with Gasteiger partial charge >= 0.3 is 6.01 Å². The summed E-state index contributed by atoms with van der Waals surface area (Å²) in [6.07, 6.45) is 10.7. The Balaban J connectivity index is 1.29. The van der Waals surface area contributed by atoms with Crippen LogP contribution in [-0.4, -0.2) is 95.2 Å². The molecule has 0 aromatic carbocycles. The van der Waals surface area contributed by atoms with E-state index in [9.17, 15) is 10.1 Å². The fraction of sp³-hybridized carbons (Fsp3) is 0.581. The number of ether oxygens (including phenoxy) is 1. The van der Waals surface area contributed by atoms with Gasteiger partial charge in [0.1, 0.15) is 18.2 Å². The molecule has 2 aromatic heterocycles. The van der Waals surface area contributed by atoms with Gasteiger partial charge in [0.25, 0.3) is 0 Å². The van der Waals surface area contributed by atoms with Gasteiger partial charge in [0.15, 0.2) is 0 Å². The van der Waals surface area contributed by atoms with E-state index in [1.165, 1.54) is 23.6 Å². The Morgan fingerprint density at radius 1 is 1.15 bits per heavy atom. The number of aryl methyl sites for hydroxylation is 1. The van der Waals surface area contributed by atoms with Crippen molar-refractivity contribution >= 4 is 17.5 Å². The standard InChI is InChI=1S/C31H40N8O2/c1-3-28(40)38-18-17-37(20-24(38)12-13-32)30-26-11-10-23(39-16-5-8-22-7-4-14-33-29(22)39)19-27(26)34-31(35-30)41-21-25-9-6-15-36(25)2/h3-4,7,14,23-25H,1,5-6,8-12,15-21H2,2H3/t23?,24-,25-/m0/s1. The van der Waals surface area contributed by atoms with E-state index in [4.69, 9.17) is 19.7 Å². The van der Waals surface area contributed by atoms with Crippen LogP contribution in [0.15, 0.2) is 31.0 Å². The molecule has 3 aliphatic heterocycles. The van der Waals surface area contributed by atoms with Gasteiger partial charge in [-0.05, 0) is 69.8 Å². The smallest absolute Gasteiger partial charge is 0.318 e. The summed E-state index contributed by atoms with van der Waals surface area (Å²) in [5.74, 6) is 1.89. The van der Waals surface area contributed by atoms with Gasteiger partial charge in [0.05, 0.1) is 24.2 Å². The maximum atomic E-state index is 12.5. The van der Waals surface area contributed by atoms with Crippen LogP contribution >= 0.6 is 0 Å². The Morgan fingerprint density at radius 3 is 2.85 bits per heavy atom. The molecule has 0 bridgehead atoms. The van der Waals surface area contributed by atoms with Crippen LogP contribution in [0, 0.1) is 11.3 Å². The maximum Gasteiger partial charge on any atom is 0.318 e. The zero-order valence-corrected chi connectivity index (χ0v) is 24.0. The number of carbonyl (C=O) groups excluding carboxylic acids is 1. The number of amides is 1. The molecule has 1 unspecified atom stereocenters. The minimum atomic E-state index is -0.214.